The average molecular weight is 636 g/mol. The van der Waals surface area contributed by atoms with E-state index in [1.807, 2.05) is 22.6 Å². The molecule has 1 fully saturated rings. The summed E-state index contributed by atoms with van der Waals surface area (Å²) >= 11 is 4.83. The third kappa shape index (κ3) is 5.22. The topological polar surface area (TPSA) is 95.9 Å². The summed E-state index contributed by atoms with van der Waals surface area (Å²) < 4.78 is 6.58. The molecule has 0 radical (unpaired) electrons. The maximum absolute atomic E-state index is 12.6. The van der Waals surface area contributed by atoms with Crippen LogP contribution in [0, 0.1) is 7.14 Å². The molecule has 0 atom stereocenters. The van der Waals surface area contributed by atoms with Gasteiger partial charge in [-0.25, -0.2) is 0 Å². The number of carbonyl (C=O) groups excluding carboxylic acids is 3. The molecule has 2 aromatic carbocycles. The number of phenols is 1. The molecule has 0 spiro atoms. The fourth-order valence-corrected chi connectivity index (χ4v) is 5.21. The fraction of sp³-hybridized carbons (Fsp3) is 0.105. The molecule has 1 aliphatic heterocycles. The summed E-state index contributed by atoms with van der Waals surface area (Å²) in [5, 5.41) is 12.3. The van der Waals surface area contributed by atoms with Crippen LogP contribution in [-0.4, -0.2) is 40.7 Å². The highest BCUT2D eigenvalue weighted by atomic mass is 127. The van der Waals surface area contributed by atoms with Crippen LogP contribution in [-0.2, 0) is 9.59 Å². The molecule has 10 heteroatoms. The summed E-state index contributed by atoms with van der Waals surface area (Å²) in [6.07, 6.45) is 1.46. The molecule has 0 unspecified atom stereocenters. The molecule has 3 rings (SSSR count). The maximum Gasteiger partial charge on any atom is 0.294 e. The van der Waals surface area contributed by atoms with Crippen LogP contribution in [0.5, 0.6) is 11.5 Å². The van der Waals surface area contributed by atoms with Crippen LogP contribution < -0.4 is 10.1 Å². The molecular formula is C19H14I2N2O5S. The van der Waals surface area contributed by atoms with Crippen molar-refractivity contribution in [3.63, 3.8) is 0 Å². The van der Waals surface area contributed by atoms with Crippen LogP contribution >= 0.6 is 56.9 Å². The van der Waals surface area contributed by atoms with E-state index in [0.717, 1.165) is 20.2 Å². The van der Waals surface area contributed by atoms with E-state index in [-0.39, 0.29) is 10.7 Å². The smallest absolute Gasteiger partial charge is 0.294 e. The number of imide groups is 1. The Morgan fingerprint density at radius 3 is 2.59 bits per heavy atom. The number of hydrogen-bond donors (Lipinski definition) is 2. The Labute approximate surface area is 198 Å². The van der Waals surface area contributed by atoms with Crippen molar-refractivity contribution in [1.82, 2.24) is 4.90 Å². The van der Waals surface area contributed by atoms with Crippen molar-refractivity contribution in [3.05, 3.63) is 54.0 Å². The van der Waals surface area contributed by atoms with E-state index in [1.165, 1.54) is 13.2 Å². The van der Waals surface area contributed by atoms with Gasteiger partial charge in [0.05, 0.1) is 15.6 Å². The lowest BCUT2D eigenvalue weighted by Gasteiger charge is -2.12. The van der Waals surface area contributed by atoms with Crippen LogP contribution in [0.25, 0.3) is 6.08 Å². The van der Waals surface area contributed by atoms with Gasteiger partial charge in [0, 0.05) is 14.8 Å². The van der Waals surface area contributed by atoms with Gasteiger partial charge in [-0.15, -0.1) is 0 Å². The van der Waals surface area contributed by atoms with Crippen molar-refractivity contribution in [2.45, 2.75) is 0 Å². The highest BCUT2D eigenvalue weighted by Gasteiger charge is 2.36. The monoisotopic (exact) mass is 636 g/mol. The second-order valence-corrected chi connectivity index (χ2v) is 9.27. The number of rotatable bonds is 5. The summed E-state index contributed by atoms with van der Waals surface area (Å²) in [6.45, 7) is -0.399. The van der Waals surface area contributed by atoms with E-state index < -0.39 is 23.6 Å². The fourth-order valence-electron chi connectivity index (χ4n) is 2.49. The number of halogens is 2. The molecule has 1 aliphatic rings. The number of anilines is 1. The summed E-state index contributed by atoms with van der Waals surface area (Å²) in [5.74, 6) is -0.383. The van der Waals surface area contributed by atoms with Crippen LogP contribution in [0.2, 0.25) is 0 Å². The molecule has 1 saturated heterocycles. The number of thioether (sulfide) groups is 1. The summed E-state index contributed by atoms with van der Waals surface area (Å²) in [7, 11) is 1.54. The van der Waals surface area contributed by atoms with Crippen molar-refractivity contribution in [2.24, 2.45) is 0 Å². The largest absolute Gasteiger partial charge is 0.506 e. The SMILES string of the molecule is COc1ccc(NC(=O)CN2C(=O)S/C(=C/c3cc(I)cc(I)c3O)C2=O)cc1. The molecule has 1 heterocycles. The molecule has 29 heavy (non-hydrogen) atoms. The molecule has 150 valence electrons. The lowest BCUT2D eigenvalue weighted by atomic mass is 10.2. The number of aromatic hydroxyl groups is 1. The lowest BCUT2D eigenvalue weighted by molar-refractivity contribution is -0.127. The lowest BCUT2D eigenvalue weighted by Crippen LogP contribution is -2.36. The van der Waals surface area contributed by atoms with Crippen molar-refractivity contribution in [3.8, 4) is 11.5 Å². The second kappa shape index (κ2) is 9.34. The first kappa shape index (κ1) is 21.9. The van der Waals surface area contributed by atoms with Gasteiger partial charge in [-0.3, -0.25) is 19.3 Å². The van der Waals surface area contributed by atoms with E-state index in [0.29, 0.717) is 20.6 Å². The molecule has 0 aromatic heterocycles. The number of nitrogens with zero attached hydrogens (tertiary/aromatic N) is 1. The predicted octanol–water partition coefficient (Wildman–Crippen LogP) is 4.29. The third-order valence-corrected chi connectivity index (χ3v) is 6.25. The number of amides is 3. The minimum Gasteiger partial charge on any atom is -0.506 e. The molecule has 3 amide bonds. The third-order valence-electron chi connectivity index (χ3n) is 3.89. The zero-order valence-electron chi connectivity index (χ0n) is 14.9. The van der Waals surface area contributed by atoms with Gasteiger partial charge in [-0.2, -0.15) is 0 Å². The van der Waals surface area contributed by atoms with Crippen LogP contribution in [0.15, 0.2) is 41.3 Å². The number of hydrogen-bond acceptors (Lipinski definition) is 6. The Hall–Kier alpha value is -1.80. The Kier molecular flexibility index (Phi) is 7.05. The molecule has 0 aliphatic carbocycles. The Balaban J connectivity index is 1.72. The van der Waals surface area contributed by atoms with E-state index in [2.05, 4.69) is 27.9 Å². The van der Waals surface area contributed by atoms with Gasteiger partial charge in [0.15, 0.2) is 0 Å². The van der Waals surface area contributed by atoms with E-state index in [4.69, 9.17) is 4.74 Å². The van der Waals surface area contributed by atoms with Crippen LogP contribution in [0.3, 0.4) is 0 Å². The second-order valence-electron chi connectivity index (χ2n) is 5.87. The first-order chi connectivity index (χ1) is 13.8. The number of methoxy groups -OCH3 is 1. The van der Waals surface area contributed by atoms with Crippen molar-refractivity contribution < 1.29 is 24.2 Å². The van der Waals surface area contributed by atoms with Gasteiger partial charge < -0.3 is 15.2 Å². The standard InChI is InChI=1S/C19H14I2N2O5S/c1-28-13-4-2-12(3-5-13)22-16(24)9-23-18(26)15(29-19(23)27)7-10-6-11(20)8-14(21)17(10)25/h2-8,25H,9H2,1H3,(H,22,24)/b15-7+. The highest BCUT2D eigenvalue weighted by molar-refractivity contribution is 14.1. The zero-order chi connectivity index (χ0) is 21.1. The summed E-state index contributed by atoms with van der Waals surface area (Å²) in [5.41, 5.74) is 0.964. The van der Waals surface area contributed by atoms with Crippen molar-refractivity contribution >= 4 is 85.8 Å². The number of carbonyl (C=O) groups is 3. The Bertz CT molecular complexity index is 1020. The van der Waals surface area contributed by atoms with Gasteiger partial charge in [-0.1, -0.05) is 0 Å². The van der Waals surface area contributed by atoms with E-state index in [1.54, 1.807) is 36.4 Å². The van der Waals surface area contributed by atoms with Crippen LogP contribution in [0.4, 0.5) is 10.5 Å². The molecular weight excluding hydrogens is 622 g/mol. The zero-order valence-corrected chi connectivity index (χ0v) is 20.1. The molecule has 2 aromatic rings. The Morgan fingerprint density at radius 1 is 1.24 bits per heavy atom. The minimum absolute atomic E-state index is 0.0371. The summed E-state index contributed by atoms with van der Waals surface area (Å²) in [4.78, 5) is 38.1. The van der Waals surface area contributed by atoms with Gasteiger partial charge >= 0.3 is 0 Å². The minimum atomic E-state index is -0.571. The maximum atomic E-state index is 12.6. The van der Waals surface area contributed by atoms with Crippen LogP contribution in [0.1, 0.15) is 5.56 Å². The van der Waals surface area contributed by atoms with Gasteiger partial charge in [0.1, 0.15) is 18.0 Å². The predicted molar refractivity (Wildman–Crippen MR) is 128 cm³/mol. The average Bonchev–Trinajstić information content (AvgIpc) is 2.93. The van der Waals surface area contributed by atoms with Gasteiger partial charge in [-0.05, 0) is 99.4 Å². The first-order valence-electron chi connectivity index (χ1n) is 8.15. The van der Waals surface area contributed by atoms with E-state index in [9.17, 15) is 19.5 Å². The molecule has 7 nitrogen and oxygen atoms in total. The molecule has 0 bridgehead atoms. The quantitative estimate of drug-likeness (QED) is 0.376. The van der Waals surface area contributed by atoms with Crippen molar-refractivity contribution in [1.29, 1.82) is 0 Å². The van der Waals surface area contributed by atoms with E-state index >= 15 is 0 Å². The summed E-state index contributed by atoms with van der Waals surface area (Å²) in [6, 6.07) is 10.2. The highest BCUT2D eigenvalue weighted by Crippen LogP contribution is 2.35. The number of phenolic OH excluding ortho intramolecular Hbond substituents is 1. The number of nitrogens with one attached hydrogen (secondary N) is 1. The van der Waals surface area contributed by atoms with Gasteiger partial charge in [0.25, 0.3) is 11.1 Å². The van der Waals surface area contributed by atoms with Gasteiger partial charge in [0.2, 0.25) is 5.91 Å². The number of ether oxygens (including phenoxy) is 1. The first-order valence-corrected chi connectivity index (χ1v) is 11.1. The normalized spacial score (nSPS) is 15.1. The number of benzene rings is 2. The Morgan fingerprint density at radius 2 is 1.93 bits per heavy atom. The van der Waals surface area contributed by atoms with Crippen molar-refractivity contribution in [2.75, 3.05) is 19.0 Å². The molecule has 2 N–H and O–H groups in total. The molecule has 0 saturated carbocycles.